The lowest BCUT2D eigenvalue weighted by atomic mass is 9.80. The van der Waals surface area contributed by atoms with Gasteiger partial charge in [-0.2, -0.15) is 0 Å². The molecule has 1 nitrogen and oxygen atoms in total. The van der Waals surface area contributed by atoms with Crippen LogP contribution >= 0.6 is 0 Å². The van der Waals surface area contributed by atoms with Crippen molar-refractivity contribution in [1.82, 2.24) is 5.32 Å². The van der Waals surface area contributed by atoms with Crippen molar-refractivity contribution >= 4 is 0 Å². The van der Waals surface area contributed by atoms with Gasteiger partial charge < -0.3 is 5.32 Å². The Balaban J connectivity index is 2.04. The summed E-state index contributed by atoms with van der Waals surface area (Å²) in [4.78, 5) is 0. The van der Waals surface area contributed by atoms with Crippen molar-refractivity contribution in [3.05, 3.63) is 34.9 Å². The van der Waals surface area contributed by atoms with Gasteiger partial charge >= 0.3 is 0 Å². The highest BCUT2D eigenvalue weighted by Gasteiger charge is 2.22. The van der Waals surface area contributed by atoms with Crippen LogP contribution in [0.4, 0.5) is 0 Å². The molecule has 0 spiro atoms. The SMILES string of the molecule is CC(C)NCCC(C)(C)c1ccc2c(c1)CCC2. The molecule has 0 atom stereocenters. The van der Waals surface area contributed by atoms with Gasteiger partial charge in [-0.25, -0.2) is 0 Å². The zero-order chi connectivity index (χ0) is 13.2. The molecule has 0 heterocycles. The molecule has 0 unspecified atom stereocenters. The van der Waals surface area contributed by atoms with Gasteiger partial charge in [-0.05, 0) is 54.3 Å². The fourth-order valence-electron chi connectivity index (χ4n) is 2.81. The van der Waals surface area contributed by atoms with E-state index >= 15 is 0 Å². The fourth-order valence-corrected chi connectivity index (χ4v) is 2.81. The van der Waals surface area contributed by atoms with Crippen LogP contribution in [0.1, 0.15) is 57.2 Å². The van der Waals surface area contributed by atoms with Gasteiger partial charge in [0.25, 0.3) is 0 Å². The van der Waals surface area contributed by atoms with Crippen LogP contribution in [0.5, 0.6) is 0 Å². The number of rotatable bonds is 5. The summed E-state index contributed by atoms with van der Waals surface area (Å²) in [5.74, 6) is 0. The van der Waals surface area contributed by atoms with Gasteiger partial charge in [0, 0.05) is 6.04 Å². The van der Waals surface area contributed by atoms with E-state index in [4.69, 9.17) is 0 Å². The molecule has 18 heavy (non-hydrogen) atoms. The molecule has 1 aliphatic rings. The second-order valence-corrected chi connectivity index (χ2v) is 6.58. The van der Waals surface area contributed by atoms with Gasteiger partial charge in [0.2, 0.25) is 0 Å². The van der Waals surface area contributed by atoms with E-state index in [0.717, 1.165) is 6.54 Å². The molecule has 1 aromatic rings. The van der Waals surface area contributed by atoms with Crippen molar-refractivity contribution < 1.29 is 0 Å². The molecule has 0 radical (unpaired) electrons. The summed E-state index contributed by atoms with van der Waals surface area (Å²) >= 11 is 0. The molecule has 2 rings (SSSR count). The average molecular weight is 245 g/mol. The van der Waals surface area contributed by atoms with E-state index in [0.29, 0.717) is 6.04 Å². The minimum Gasteiger partial charge on any atom is -0.315 e. The Labute approximate surface area is 112 Å². The molecule has 1 heteroatoms. The third kappa shape index (κ3) is 3.14. The Morgan fingerprint density at radius 2 is 1.89 bits per heavy atom. The molecular weight excluding hydrogens is 218 g/mol. The quantitative estimate of drug-likeness (QED) is 0.831. The van der Waals surface area contributed by atoms with Gasteiger partial charge in [-0.1, -0.05) is 45.9 Å². The number of hydrogen-bond donors (Lipinski definition) is 1. The number of nitrogens with one attached hydrogen (secondary N) is 1. The van der Waals surface area contributed by atoms with E-state index in [2.05, 4.69) is 51.2 Å². The Kier molecular flexibility index (Phi) is 4.11. The summed E-state index contributed by atoms with van der Waals surface area (Å²) in [7, 11) is 0. The third-order valence-electron chi connectivity index (χ3n) is 4.18. The zero-order valence-corrected chi connectivity index (χ0v) is 12.3. The van der Waals surface area contributed by atoms with Crippen molar-refractivity contribution in [2.24, 2.45) is 0 Å². The molecule has 1 aromatic carbocycles. The Bertz CT molecular complexity index is 404. The van der Waals surface area contributed by atoms with Crippen LogP contribution in [0.25, 0.3) is 0 Å². The molecule has 0 saturated heterocycles. The predicted molar refractivity (Wildman–Crippen MR) is 79.2 cm³/mol. The molecule has 0 aliphatic heterocycles. The van der Waals surface area contributed by atoms with E-state index in [-0.39, 0.29) is 5.41 Å². The van der Waals surface area contributed by atoms with Gasteiger partial charge in [-0.15, -0.1) is 0 Å². The third-order valence-corrected chi connectivity index (χ3v) is 4.18. The van der Waals surface area contributed by atoms with E-state index in [1.54, 1.807) is 11.1 Å². The lowest BCUT2D eigenvalue weighted by Gasteiger charge is -2.26. The molecule has 0 bridgehead atoms. The molecule has 0 aromatic heterocycles. The molecular formula is C17H27N. The maximum absolute atomic E-state index is 3.52. The number of aryl methyl sites for hydroxylation is 2. The zero-order valence-electron chi connectivity index (χ0n) is 12.3. The monoisotopic (exact) mass is 245 g/mol. The van der Waals surface area contributed by atoms with Gasteiger partial charge in [0.1, 0.15) is 0 Å². The Morgan fingerprint density at radius 3 is 2.61 bits per heavy atom. The van der Waals surface area contributed by atoms with Crippen LogP contribution in [0.2, 0.25) is 0 Å². The van der Waals surface area contributed by atoms with Crippen LogP contribution in [-0.4, -0.2) is 12.6 Å². The first-order valence-corrected chi connectivity index (χ1v) is 7.35. The predicted octanol–water partition coefficient (Wildman–Crippen LogP) is 3.84. The van der Waals surface area contributed by atoms with Gasteiger partial charge in [-0.3, -0.25) is 0 Å². The number of benzene rings is 1. The van der Waals surface area contributed by atoms with E-state index < -0.39 is 0 Å². The minimum absolute atomic E-state index is 0.277. The smallest absolute Gasteiger partial charge is 0.00103 e. The molecule has 100 valence electrons. The highest BCUT2D eigenvalue weighted by atomic mass is 14.9. The average Bonchev–Trinajstić information content (AvgIpc) is 2.74. The number of fused-ring (bicyclic) bond motifs is 1. The van der Waals surface area contributed by atoms with Crippen LogP contribution in [0.3, 0.4) is 0 Å². The second-order valence-electron chi connectivity index (χ2n) is 6.58. The second kappa shape index (κ2) is 5.44. The lowest BCUT2D eigenvalue weighted by Crippen LogP contribution is -2.29. The summed E-state index contributed by atoms with van der Waals surface area (Å²) < 4.78 is 0. The highest BCUT2D eigenvalue weighted by molar-refractivity contribution is 5.38. The van der Waals surface area contributed by atoms with Crippen LogP contribution in [0.15, 0.2) is 18.2 Å². The van der Waals surface area contributed by atoms with Crippen LogP contribution in [-0.2, 0) is 18.3 Å². The van der Waals surface area contributed by atoms with Crippen molar-refractivity contribution in [3.63, 3.8) is 0 Å². The van der Waals surface area contributed by atoms with Crippen molar-refractivity contribution in [2.45, 2.75) is 64.8 Å². The van der Waals surface area contributed by atoms with Crippen molar-refractivity contribution in [1.29, 1.82) is 0 Å². The lowest BCUT2D eigenvalue weighted by molar-refractivity contribution is 0.441. The molecule has 0 amide bonds. The molecule has 1 N–H and O–H groups in total. The van der Waals surface area contributed by atoms with Gasteiger partial charge in [0.05, 0.1) is 0 Å². The Morgan fingerprint density at radius 1 is 1.17 bits per heavy atom. The maximum Gasteiger partial charge on any atom is 0.00103 e. The summed E-state index contributed by atoms with van der Waals surface area (Å²) in [6.45, 7) is 10.3. The summed E-state index contributed by atoms with van der Waals surface area (Å²) in [6.07, 6.45) is 5.10. The van der Waals surface area contributed by atoms with E-state index in [9.17, 15) is 0 Å². The van der Waals surface area contributed by atoms with E-state index in [1.165, 1.54) is 31.2 Å². The van der Waals surface area contributed by atoms with Crippen molar-refractivity contribution in [2.75, 3.05) is 6.54 Å². The van der Waals surface area contributed by atoms with Crippen molar-refractivity contribution in [3.8, 4) is 0 Å². The first kappa shape index (κ1) is 13.6. The Hall–Kier alpha value is -0.820. The standard InChI is InChI=1S/C17H27N/c1-13(2)18-11-10-17(3,4)16-9-8-14-6-5-7-15(14)12-16/h8-9,12-13,18H,5-7,10-11H2,1-4H3. The maximum atomic E-state index is 3.52. The minimum atomic E-state index is 0.277. The molecule has 0 saturated carbocycles. The van der Waals surface area contributed by atoms with E-state index in [1.807, 2.05) is 0 Å². The fraction of sp³-hybridized carbons (Fsp3) is 0.647. The van der Waals surface area contributed by atoms with Gasteiger partial charge in [0.15, 0.2) is 0 Å². The summed E-state index contributed by atoms with van der Waals surface area (Å²) in [5, 5.41) is 3.52. The largest absolute Gasteiger partial charge is 0.315 e. The summed E-state index contributed by atoms with van der Waals surface area (Å²) in [6, 6.07) is 7.74. The number of hydrogen-bond acceptors (Lipinski definition) is 1. The first-order chi connectivity index (χ1) is 8.49. The molecule has 0 fully saturated rings. The summed E-state index contributed by atoms with van der Waals surface area (Å²) in [5.41, 5.74) is 4.96. The topological polar surface area (TPSA) is 12.0 Å². The van der Waals surface area contributed by atoms with Crippen LogP contribution in [0, 0.1) is 0 Å². The first-order valence-electron chi connectivity index (χ1n) is 7.35. The molecule has 1 aliphatic carbocycles. The normalized spacial score (nSPS) is 15.2. The van der Waals surface area contributed by atoms with Crippen LogP contribution < -0.4 is 5.32 Å². The highest BCUT2D eigenvalue weighted by Crippen LogP contribution is 2.31.